The van der Waals surface area contributed by atoms with E-state index in [9.17, 15) is 9.59 Å². The van der Waals surface area contributed by atoms with Crippen molar-refractivity contribution in [1.82, 2.24) is 5.16 Å². The molecule has 164 valence electrons. The highest BCUT2D eigenvalue weighted by molar-refractivity contribution is 6.29. The Morgan fingerprint density at radius 1 is 1.09 bits per heavy atom. The predicted octanol–water partition coefficient (Wildman–Crippen LogP) is 4.50. The first-order valence-corrected chi connectivity index (χ1v) is 9.96. The van der Waals surface area contributed by atoms with Gasteiger partial charge in [0.05, 0.1) is 26.2 Å². The minimum absolute atomic E-state index is 0.0762. The molecule has 0 N–H and O–H groups in total. The molecule has 0 atom stereocenters. The molecular formula is C23H18ClNO7. The average Bonchev–Trinajstić information content (AvgIpc) is 3.34. The number of aryl methyl sites for hydroxylation is 1. The van der Waals surface area contributed by atoms with E-state index in [4.69, 9.17) is 35.1 Å². The predicted molar refractivity (Wildman–Crippen MR) is 114 cm³/mol. The number of allylic oxidation sites excluding steroid dienone is 1. The maximum atomic E-state index is 12.7. The quantitative estimate of drug-likeness (QED) is 0.292. The highest BCUT2D eigenvalue weighted by atomic mass is 35.5. The zero-order valence-electron chi connectivity index (χ0n) is 17.2. The zero-order valence-corrected chi connectivity index (χ0v) is 18.0. The number of esters is 1. The minimum atomic E-state index is -0.470. The van der Waals surface area contributed by atoms with Crippen molar-refractivity contribution in [3.05, 3.63) is 70.3 Å². The Morgan fingerprint density at radius 3 is 2.62 bits per heavy atom. The molecule has 0 saturated heterocycles. The lowest BCUT2D eigenvalue weighted by atomic mass is 10.1. The van der Waals surface area contributed by atoms with Crippen LogP contribution >= 0.6 is 11.6 Å². The number of ether oxygens (including phenoxy) is 4. The molecule has 1 aliphatic heterocycles. The second-order valence-corrected chi connectivity index (χ2v) is 7.19. The standard InChI is InChI=1S/C23H18ClNO7/c1-28-17-7-3-13(9-19(17)29-2)10-20-23(27)16-6-4-14(11-18(16)31-20)30-22(26)8-5-15-12-21(24)25-32-15/h3-4,6-7,9-12H,5,8H2,1-2H3/b20-10-. The number of rotatable bonds is 7. The SMILES string of the molecule is COc1ccc(/C=C2\Oc3cc(OC(=O)CCc4cc(Cl)no4)ccc3C2=O)cc1OC. The number of ketones is 1. The van der Waals surface area contributed by atoms with Crippen molar-refractivity contribution < 1.29 is 33.1 Å². The van der Waals surface area contributed by atoms with Gasteiger partial charge in [0.2, 0.25) is 5.78 Å². The number of hydrogen-bond donors (Lipinski definition) is 0. The molecule has 0 amide bonds. The number of hydrogen-bond acceptors (Lipinski definition) is 8. The lowest BCUT2D eigenvalue weighted by Gasteiger charge is -2.08. The third-order valence-corrected chi connectivity index (χ3v) is 4.86. The number of methoxy groups -OCH3 is 2. The Balaban J connectivity index is 1.45. The van der Waals surface area contributed by atoms with Crippen LogP contribution in [-0.2, 0) is 11.2 Å². The van der Waals surface area contributed by atoms with Crippen LogP contribution in [0.15, 0.2) is 52.7 Å². The summed E-state index contributed by atoms with van der Waals surface area (Å²) in [4.78, 5) is 24.8. The second-order valence-electron chi connectivity index (χ2n) is 6.80. The summed E-state index contributed by atoms with van der Waals surface area (Å²) < 4.78 is 26.5. The Morgan fingerprint density at radius 2 is 1.91 bits per heavy atom. The van der Waals surface area contributed by atoms with Crippen molar-refractivity contribution in [1.29, 1.82) is 0 Å². The van der Waals surface area contributed by atoms with Crippen LogP contribution < -0.4 is 18.9 Å². The first kappa shape index (κ1) is 21.5. The number of carbonyl (C=O) groups excluding carboxylic acids is 2. The van der Waals surface area contributed by atoms with Crippen LogP contribution in [0.3, 0.4) is 0 Å². The van der Waals surface area contributed by atoms with Gasteiger partial charge < -0.3 is 23.5 Å². The minimum Gasteiger partial charge on any atom is -0.493 e. The van der Waals surface area contributed by atoms with Gasteiger partial charge in [-0.15, -0.1) is 0 Å². The van der Waals surface area contributed by atoms with E-state index in [2.05, 4.69) is 5.16 Å². The molecule has 0 radical (unpaired) electrons. The molecule has 3 aromatic rings. The summed E-state index contributed by atoms with van der Waals surface area (Å²) >= 11 is 5.68. The number of fused-ring (bicyclic) bond motifs is 1. The highest BCUT2D eigenvalue weighted by Gasteiger charge is 2.28. The van der Waals surface area contributed by atoms with E-state index in [0.29, 0.717) is 40.6 Å². The van der Waals surface area contributed by atoms with Gasteiger partial charge in [-0.2, -0.15) is 0 Å². The van der Waals surface area contributed by atoms with Crippen LogP contribution in [0.4, 0.5) is 0 Å². The van der Waals surface area contributed by atoms with E-state index in [0.717, 1.165) is 0 Å². The van der Waals surface area contributed by atoms with Gasteiger partial charge in [0, 0.05) is 18.6 Å². The van der Waals surface area contributed by atoms with E-state index in [1.165, 1.54) is 19.2 Å². The van der Waals surface area contributed by atoms with Gasteiger partial charge in [0.25, 0.3) is 0 Å². The third kappa shape index (κ3) is 4.60. The van der Waals surface area contributed by atoms with E-state index in [-0.39, 0.29) is 28.9 Å². The van der Waals surface area contributed by atoms with Gasteiger partial charge in [-0.05, 0) is 35.9 Å². The normalized spacial score (nSPS) is 13.6. The molecule has 2 heterocycles. The molecule has 0 spiro atoms. The maximum Gasteiger partial charge on any atom is 0.311 e. The van der Waals surface area contributed by atoms with E-state index < -0.39 is 5.97 Å². The summed E-state index contributed by atoms with van der Waals surface area (Å²) in [6, 6.07) is 11.4. The van der Waals surface area contributed by atoms with Crippen LogP contribution in [0.2, 0.25) is 5.15 Å². The summed E-state index contributed by atoms with van der Waals surface area (Å²) in [6.07, 6.45) is 1.99. The number of Topliss-reactive ketones (excluding diaryl/α,β-unsaturated/α-hetero) is 1. The first-order chi connectivity index (χ1) is 15.5. The Labute approximate surface area is 188 Å². The largest absolute Gasteiger partial charge is 0.493 e. The number of nitrogens with zero attached hydrogens (tertiary/aromatic N) is 1. The molecule has 32 heavy (non-hydrogen) atoms. The maximum absolute atomic E-state index is 12.7. The molecule has 0 saturated carbocycles. The summed E-state index contributed by atoms with van der Waals surface area (Å²) in [7, 11) is 3.08. The molecule has 4 rings (SSSR count). The Kier molecular flexibility index (Phi) is 6.13. The summed E-state index contributed by atoms with van der Waals surface area (Å²) in [5.74, 6) is 1.59. The van der Waals surface area contributed by atoms with Crippen LogP contribution in [-0.4, -0.2) is 31.1 Å². The van der Waals surface area contributed by atoms with Crippen molar-refractivity contribution >= 4 is 29.4 Å². The van der Waals surface area contributed by atoms with Crippen LogP contribution in [0.1, 0.15) is 28.1 Å². The van der Waals surface area contributed by atoms with E-state index in [1.54, 1.807) is 43.5 Å². The smallest absolute Gasteiger partial charge is 0.311 e. The molecule has 8 nitrogen and oxygen atoms in total. The lowest BCUT2D eigenvalue weighted by Crippen LogP contribution is -2.08. The van der Waals surface area contributed by atoms with Gasteiger partial charge in [-0.3, -0.25) is 9.59 Å². The van der Waals surface area contributed by atoms with Gasteiger partial charge in [0.1, 0.15) is 17.3 Å². The van der Waals surface area contributed by atoms with Gasteiger partial charge >= 0.3 is 5.97 Å². The fraction of sp³-hybridized carbons (Fsp3) is 0.174. The van der Waals surface area contributed by atoms with Crippen LogP contribution in [0.5, 0.6) is 23.0 Å². The van der Waals surface area contributed by atoms with Crippen molar-refractivity contribution in [2.24, 2.45) is 0 Å². The lowest BCUT2D eigenvalue weighted by molar-refractivity contribution is -0.134. The molecule has 2 aromatic carbocycles. The number of carbonyl (C=O) groups is 2. The topological polar surface area (TPSA) is 97.1 Å². The second kappa shape index (κ2) is 9.15. The van der Waals surface area contributed by atoms with Crippen LogP contribution in [0, 0.1) is 0 Å². The summed E-state index contributed by atoms with van der Waals surface area (Å²) in [5.41, 5.74) is 1.09. The van der Waals surface area contributed by atoms with Crippen molar-refractivity contribution in [2.75, 3.05) is 14.2 Å². The number of halogens is 1. The fourth-order valence-electron chi connectivity index (χ4n) is 3.14. The van der Waals surface area contributed by atoms with Gasteiger partial charge in [0.15, 0.2) is 22.4 Å². The summed E-state index contributed by atoms with van der Waals surface area (Å²) in [5, 5.41) is 3.78. The van der Waals surface area contributed by atoms with Crippen molar-refractivity contribution in [3.63, 3.8) is 0 Å². The Hall–Kier alpha value is -3.78. The molecule has 0 fully saturated rings. The fourth-order valence-corrected chi connectivity index (χ4v) is 3.29. The van der Waals surface area contributed by atoms with E-state index in [1.807, 2.05) is 0 Å². The highest BCUT2D eigenvalue weighted by Crippen LogP contribution is 2.36. The summed E-state index contributed by atoms with van der Waals surface area (Å²) in [6.45, 7) is 0. The van der Waals surface area contributed by atoms with Gasteiger partial charge in [-0.1, -0.05) is 22.8 Å². The van der Waals surface area contributed by atoms with Crippen LogP contribution in [0.25, 0.3) is 6.08 Å². The van der Waals surface area contributed by atoms with Gasteiger partial charge in [-0.25, -0.2) is 0 Å². The van der Waals surface area contributed by atoms with Crippen molar-refractivity contribution in [3.8, 4) is 23.0 Å². The van der Waals surface area contributed by atoms with Crippen molar-refractivity contribution in [2.45, 2.75) is 12.8 Å². The third-order valence-electron chi connectivity index (χ3n) is 4.68. The Bertz CT molecular complexity index is 1210. The number of aromatic nitrogens is 1. The molecular weight excluding hydrogens is 438 g/mol. The zero-order chi connectivity index (χ0) is 22.7. The molecule has 0 aliphatic carbocycles. The molecule has 1 aliphatic rings. The number of benzene rings is 2. The monoisotopic (exact) mass is 455 g/mol. The molecule has 0 unspecified atom stereocenters. The molecule has 1 aromatic heterocycles. The van der Waals surface area contributed by atoms with E-state index >= 15 is 0 Å². The molecule has 9 heteroatoms. The molecule has 0 bridgehead atoms. The first-order valence-electron chi connectivity index (χ1n) is 9.59. The average molecular weight is 456 g/mol.